The third-order valence-corrected chi connectivity index (χ3v) is 6.45. The second-order valence-electron chi connectivity index (χ2n) is 10.9. The van der Waals surface area contributed by atoms with Crippen LogP contribution in [-0.2, 0) is 20.9 Å². The van der Waals surface area contributed by atoms with Gasteiger partial charge in [0.1, 0.15) is 17.7 Å². The summed E-state index contributed by atoms with van der Waals surface area (Å²) in [7, 11) is 4.86. The summed E-state index contributed by atoms with van der Waals surface area (Å²) in [5.41, 5.74) is 0.812. The summed E-state index contributed by atoms with van der Waals surface area (Å²) < 4.78 is 30.5. The topological polar surface area (TPSA) is 101 Å². The van der Waals surface area contributed by atoms with Gasteiger partial charge in [-0.3, -0.25) is 4.79 Å². The molecule has 0 bridgehead atoms. The Hall–Kier alpha value is -3.37. The molecule has 39 heavy (non-hydrogen) atoms. The maximum Gasteiger partial charge on any atom is 0.408 e. The highest BCUT2D eigenvalue weighted by Gasteiger charge is 2.45. The average molecular weight is 546 g/mol. The molecule has 1 heterocycles. The van der Waals surface area contributed by atoms with Crippen LogP contribution in [-0.4, -0.2) is 80.7 Å². The van der Waals surface area contributed by atoms with Gasteiger partial charge in [-0.05, 0) is 69.0 Å². The zero-order valence-electron chi connectivity index (χ0n) is 23.7. The van der Waals surface area contributed by atoms with Crippen molar-refractivity contribution < 1.29 is 33.3 Å². The number of hydrogen-bond acceptors (Lipinski definition) is 7. The van der Waals surface area contributed by atoms with Crippen molar-refractivity contribution in [3.63, 3.8) is 0 Å². The number of carbonyl (C=O) groups excluding carboxylic acids is 2. The minimum absolute atomic E-state index is 0.141. The fraction of sp³-hybridized carbons (Fsp3) is 0.517. The molecule has 1 aliphatic heterocycles. The molecule has 0 aliphatic carbocycles. The van der Waals surface area contributed by atoms with Crippen molar-refractivity contribution in [2.75, 3.05) is 52.4 Å². The van der Waals surface area contributed by atoms with Crippen molar-refractivity contribution >= 4 is 17.7 Å². The standard InChI is InChI=1S/C29H40FN3O6/c1-28(2,3)39-27(36)31-29(26(35)32(4)5)12-7-13-33(19-29)24-10-8-20(16-22(24)18-34)21-9-11-25(23(30)17-21)38-15-14-37-6/h8-11,16-17,34H,7,12-15,18-19H2,1-6H3,(H,31,36). The van der Waals surface area contributed by atoms with E-state index in [1.165, 1.54) is 11.0 Å². The number of aliphatic hydroxyl groups excluding tert-OH is 1. The van der Waals surface area contributed by atoms with Gasteiger partial charge >= 0.3 is 6.09 Å². The molecule has 3 rings (SSSR count). The Morgan fingerprint density at radius 1 is 1.13 bits per heavy atom. The van der Waals surface area contributed by atoms with Crippen molar-refractivity contribution in [1.29, 1.82) is 0 Å². The molecule has 0 spiro atoms. The van der Waals surface area contributed by atoms with Gasteiger partial charge in [-0.1, -0.05) is 12.1 Å². The predicted octanol–water partition coefficient (Wildman–Crippen LogP) is 3.96. The summed E-state index contributed by atoms with van der Waals surface area (Å²) in [6, 6.07) is 10.2. The quantitative estimate of drug-likeness (QED) is 0.460. The Morgan fingerprint density at radius 3 is 2.44 bits per heavy atom. The lowest BCUT2D eigenvalue weighted by atomic mass is 9.86. The molecule has 1 unspecified atom stereocenters. The first-order valence-electron chi connectivity index (χ1n) is 13.0. The number of ether oxygens (including phenoxy) is 3. The van der Waals surface area contributed by atoms with E-state index in [9.17, 15) is 19.1 Å². The Kier molecular flexibility index (Phi) is 9.79. The molecule has 1 saturated heterocycles. The molecule has 9 nitrogen and oxygen atoms in total. The summed E-state index contributed by atoms with van der Waals surface area (Å²) in [5.74, 6) is -0.583. The molecule has 214 valence electrons. The summed E-state index contributed by atoms with van der Waals surface area (Å²) in [6.07, 6.45) is 0.427. The number of hydrogen-bond donors (Lipinski definition) is 2. The largest absolute Gasteiger partial charge is 0.488 e. The molecular formula is C29H40FN3O6. The Bertz CT molecular complexity index is 1170. The van der Waals surface area contributed by atoms with Gasteiger partial charge in [0.2, 0.25) is 5.91 Å². The number of halogens is 1. The van der Waals surface area contributed by atoms with E-state index in [1.54, 1.807) is 60.2 Å². The van der Waals surface area contributed by atoms with E-state index in [2.05, 4.69) is 5.32 Å². The van der Waals surface area contributed by atoms with Crippen molar-refractivity contribution in [3.8, 4) is 16.9 Å². The van der Waals surface area contributed by atoms with Gasteiger partial charge < -0.3 is 34.4 Å². The number of anilines is 1. The van der Waals surface area contributed by atoms with E-state index < -0.39 is 23.1 Å². The van der Waals surface area contributed by atoms with Crippen LogP contribution in [0.1, 0.15) is 39.2 Å². The first-order valence-corrected chi connectivity index (χ1v) is 13.0. The highest BCUT2D eigenvalue weighted by molar-refractivity contribution is 5.91. The molecule has 2 aromatic carbocycles. The first-order chi connectivity index (χ1) is 18.4. The zero-order chi connectivity index (χ0) is 28.8. The SMILES string of the molecule is COCCOc1ccc(-c2ccc(N3CCCC(NC(=O)OC(C)(C)C)(C(=O)N(C)C)C3)c(CO)c2)cc1F. The number of carbonyl (C=O) groups is 2. The van der Waals surface area contributed by atoms with Crippen molar-refractivity contribution in [2.45, 2.75) is 51.4 Å². The number of likely N-dealkylation sites (N-methyl/N-ethyl adjacent to an activating group) is 1. The molecule has 2 amide bonds. The number of methoxy groups -OCH3 is 1. The molecule has 2 N–H and O–H groups in total. The summed E-state index contributed by atoms with van der Waals surface area (Å²) in [4.78, 5) is 29.6. The summed E-state index contributed by atoms with van der Waals surface area (Å²) in [5, 5.41) is 13.1. The Morgan fingerprint density at radius 2 is 1.82 bits per heavy atom. The minimum Gasteiger partial charge on any atom is -0.488 e. The molecule has 0 radical (unpaired) electrons. The molecule has 1 aliphatic rings. The summed E-state index contributed by atoms with van der Waals surface area (Å²) in [6.45, 7) is 6.48. The minimum atomic E-state index is -1.20. The van der Waals surface area contributed by atoms with E-state index in [4.69, 9.17) is 14.2 Å². The van der Waals surface area contributed by atoms with Gasteiger partial charge in [0, 0.05) is 39.0 Å². The van der Waals surface area contributed by atoms with Crippen molar-refractivity contribution in [2.24, 2.45) is 0 Å². The van der Waals surface area contributed by atoms with Gasteiger partial charge in [-0.15, -0.1) is 0 Å². The Balaban J connectivity index is 1.88. The number of alkyl carbamates (subject to hydrolysis) is 1. The molecule has 0 saturated carbocycles. The van der Waals surface area contributed by atoms with E-state index in [1.807, 2.05) is 17.0 Å². The lowest BCUT2D eigenvalue weighted by Crippen LogP contribution is -2.66. The normalized spacial score (nSPS) is 17.5. The van der Waals surface area contributed by atoms with E-state index in [0.717, 1.165) is 11.3 Å². The van der Waals surface area contributed by atoms with E-state index in [-0.39, 0.29) is 31.4 Å². The molecule has 1 atom stereocenters. The molecule has 10 heteroatoms. The van der Waals surface area contributed by atoms with E-state index in [0.29, 0.717) is 37.1 Å². The second-order valence-corrected chi connectivity index (χ2v) is 10.9. The molecule has 1 fully saturated rings. The van der Waals surface area contributed by atoms with Crippen LogP contribution in [0.15, 0.2) is 36.4 Å². The van der Waals surface area contributed by atoms with Crippen LogP contribution in [0, 0.1) is 5.82 Å². The van der Waals surface area contributed by atoms with Crippen LogP contribution in [0.5, 0.6) is 5.75 Å². The summed E-state index contributed by atoms with van der Waals surface area (Å²) >= 11 is 0. The number of aliphatic hydroxyl groups is 1. The van der Waals surface area contributed by atoms with Crippen LogP contribution in [0.25, 0.3) is 11.1 Å². The highest BCUT2D eigenvalue weighted by Crippen LogP contribution is 2.34. The lowest BCUT2D eigenvalue weighted by molar-refractivity contribution is -0.136. The first kappa shape index (κ1) is 30.2. The number of amides is 2. The average Bonchev–Trinajstić information content (AvgIpc) is 2.87. The van der Waals surface area contributed by atoms with Gasteiger partial charge in [-0.25, -0.2) is 9.18 Å². The fourth-order valence-electron chi connectivity index (χ4n) is 4.75. The third-order valence-electron chi connectivity index (χ3n) is 6.45. The van der Waals surface area contributed by atoms with Gasteiger partial charge in [-0.2, -0.15) is 0 Å². The number of nitrogens with zero attached hydrogens (tertiary/aromatic N) is 2. The maximum atomic E-state index is 14.6. The van der Waals surface area contributed by atoms with Crippen LogP contribution < -0.4 is 15.0 Å². The van der Waals surface area contributed by atoms with Gasteiger partial charge in [0.05, 0.1) is 19.8 Å². The van der Waals surface area contributed by atoms with Crippen LogP contribution in [0.3, 0.4) is 0 Å². The number of benzene rings is 2. The second kappa shape index (κ2) is 12.7. The number of rotatable bonds is 9. The highest BCUT2D eigenvalue weighted by atomic mass is 19.1. The predicted molar refractivity (Wildman–Crippen MR) is 147 cm³/mol. The van der Waals surface area contributed by atoms with Crippen LogP contribution in [0.4, 0.5) is 14.9 Å². The van der Waals surface area contributed by atoms with Crippen LogP contribution in [0.2, 0.25) is 0 Å². The van der Waals surface area contributed by atoms with E-state index >= 15 is 0 Å². The molecule has 2 aromatic rings. The zero-order valence-corrected chi connectivity index (χ0v) is 23.7. The number of nitrogens with one attached hydrogen (secondary N) is 1. The molecule has 0 aromatic heterocycles. The van der Waals surface area contributed by atoms with Gasteiger partial charge in [0.15, 0.2) is 11.6 Å². The maximum absolute atomic E-state index is 14.6. The molecular weight excluding hydrogens is 505 g/mol. The smallest absolute Gasteiger partial charge is 0.408 e. The Labute approximate surface area is 229 Å². The monoisotopic (exact) mass is 545 g/mol. The fourth-order valence-corrected chi connectivity index (χ4v) is 4.75. The number of piperidine rings is 1. The van der Waals surface area contributed by atoms with Crippen molar-refractivity contribution in [1.82, 2.24) is 10.2 Å². The van der Waals surface area contributed by atoms with Crippen molar-refractivity contribution in [3.05, 3.63) is 47.8 Å². The third kappa shape index (κ3) is 7.60. The van der Waals surface area contributed by atoms with Crippen LogP contribution >= 0.6 is 0 Å². The van der Waals surface area contributed by atoms with Gasteiger partial charge in [0.25, 0.3) is 0 Å². The lowest BCUT2D eigenvalue weighted by Gasteiger charge is -2.44.